The van der Waals surface area contributed by atoms with Gasteiger partial charge in [0.2, 0.25) is 5.91 Å². The second-order valence-corrected chi connectivity index (χ2v) is 4.59. The molecule has 7 nitrogen and oxygen atoms in total. The molecule has 0 fully saturated rings. The van der Waals surface area contributed by atoms with Crippen molar-refractivity contribution in [1.82, 2.24) is 5.32 Å². The first-order valence-electron chi connectivity index (χ1n) is 6.81. The van der Waals surface area contributed by atoms with E-state index in [9.17, 15) is 14.4 Å². The molecule has 0 aliphatic heterocycles. The van der Waals surface area contributed by atoms with Crippen LogP contribution in [0.15, 0.2) is 24.3 Å². The Bertz CT molecular complexity index is 544. The molecule has 2 amide bonds. The van der Waals surface area contributed by atoms with Crippen LogP contribution in [-0.2, 0) is 19.1 Å². The van der Waals surface area contributed by atoms with Gasteiger partial charge in [-0.2, -0.15) is 0 Å². The fourth-order valence-corrected chi connectivity index (χ4v) is 1.59. The van der Waals surface area contributed by atoms with E-state index in [2.05, 4.69) is 10.6 Å². The number of hydrogen-bond donors (Lipinski definition) is 2. The minimum absolute atomic E-state index is 0.0103. The van der Waals surface area contributed by atoms with Gasteiger partial charge in [-0.1, -0.05) is 6.07 Å². The summed E-state index contributed by atoms with van der Waals surface area (Å²) in [5, 5.41) is 5.11. The Morgan fingerprint density at radius 1 is 1.27 bits per heavy atom. The summed E-state index contributed by atoms with van der Waals surface area (Å²) in [4.78, 5) is 34.1. The van der Waals surface area contributed by atoms with Crippen LogP contribution in [0.3, 0.4) is 0 Å². The van der Waals surface area contributed by atoms with Crippen LogP contribution < -0.4 is 15.4 Å². The number of carbonyl (C=O) groups excluding carboxylic acids is 3. The quantitative estimate of drug-likeness (QED) is 0.735. The van der Waals surface area contributed by atoms with Gasteiger partial charge < -0.3 is 20.1 Å². The van der Waals surface area contributed by atoms with Crippen LogP contribution in [0, 0.1) is 0 Å². The fourth-order valence-electron chi connectivity index (χ4n) is 1.59. The van der Waals surface area contributed by atoms with Gasteiger partial charge in [0.15, 0.2) is 6.10 Å². The summed E-state index contributed by atoms with van der Waals surface area (Å²) in [6.07, 6.45) is -0.924. The lowest BCUT2D eigenvalue weighted by molar-refractivity contribution is -0.153. The molecule has 0 saturated heterocycles. The zero-order chi connectivity index (χ0) is 16.5. The zero-order valence-electron chi connectivity index (χ0n) is 12.8. The van der Waals surface area contributed by atoms with Crippen molar-refractivity contribution in [3.63, 3.8) is 0 Å². The molecule has 120 valence electrons. The first kappa shape index (κ1) is 17.5. The monoisotopic (exact) mass is 308 g/mol. The van der Waals surface area contributed by atoms with Crippen LogP contribution >= 0.6 is 0 Å². The maximum absolute atomic E-state index is 11.9. The number of esters is 1. The number of amides is 2. The van der Waals surface area contributed by atoms with Crippen molar-refractivity contribution in [2.45, 2.75) is 26.4 Å². The molecule has 0 bridgehead atoms. The predicted octanol–water partition coefficient (Wildman–Crippen LogP) is 1.09. The third-order valence-corrected chi connectivity index (χ3v) is 2.72. The summed E-state index contributed by atoms with van der Waals surface area (Å²) < 4.78 is 10.0. The molecule has 1 aromatic rings. The number of methoxy groups -OCH3 is 1. The maximum atomic E-state index is 11.9. The summed E-state index contributed by atoms with van der Waals surface area (Å²) in [6, 6.07) is 6.84. The molecule has 0 aliphatic rings. The standard InChI is InChI=1S/C15H20N2O5/c1-10(22-14(19)7-8-16-11(2)18)15(20)17-12-5-4-6-13(9-12)21-3/h4-6,9-10H,7-8H2,1-3H3,(H,16,18)(H,17,20)/t10-/m1/s1. The Morgan fingerprint density at radius 2 is 2.00 bits per heavy atom. The third-order valence-electron chi connectivity index (χ3n) is 2.72. The second-order valence-electron chi connectivity index (χ2n) is 4.59. The van der Waals surface area contributed by atoms with Crippen molar-refractivity contribution < 1.29 is 23.9 Å². The molecule has 0 unspecified atom stereocenters. The van der Waals surface area contributed by atoms with Gasteiger partial charge in [-0.25, -0.2) is 0 Å². The molecular formula is C15H20N2O5. The van der Waals surface area contributed by atoms with Crippen molar-refractivity contribution >= 4 is 23.5 Å². The number of rotatable bonds is 7. The van der Waals surface area contributed by atoms with Crippen molar-refractivity contribution in [3.05, 3.63) is 24.3 Å². The second kappa shape index (κ2) is 8.66. The Morgan fingerprint density at radius 3 is 2.64 bits per heavy atom. The smallest absolute Gasteiger partial charge is 0.308 e. The van der Waals surface area contributed by atoms with Crippen LogP contribution in [0.25, 0.3) is 0 Å². The zero-order valence-corrected chi connectivity index (χ0v) is 12.8. The van der Waals surface area contributed by atoms with E-state index in [1.54, 1.807) is 24.3 Å². The molecule has 0 spiro atoms. The van der Waals surface area contributed by atoms with Crippen LogP contribution in [-0.4, -0.2) is 37.5 Å². The Hall–Kier alpha value is -2.57. The van der Waals surface area contributed by atoms with Crippen LogP contribution in [0.1, 0.15) is 20.3 Å². The van der Waals surface area contributed by atoms with Crippen LogP contribution in [0.5, 0.6) is 5.75 Å². The van der Waals surface area contributed by atoms with Gasteiger partial charge in [0.1, 0.15) is 5.75 Å². The molecule has 0 heterocycles. The highest BCUT2D eigenvalue weighted by molar-refractivity contribution is 5.95. The van der Waals surface area contributed by atoms with Gasteiger partial charge in [0.05, 0.1) is 13.5 Å². The van der Waals surface area contributed by atoms with Crippen LogP contribution in [0.2, 0.25) is 0 Å². The summed E-state index contributed by atoms with van der Waals surface area (Å²) in [5.74, 6) is -0.613. The highest BCUT2D eigenvalue weighted by Crippen LogP contribution is 2.17. The van der Waals surface area contributed by atoms with E-state index in [1.165, 1.54) is 21.0 Å². The minimum Gasteiger partial charge on any atom is -0.497 e. The van der Waals surface area contributed by atoms with Gasteiger partial charge in [-0.3, -0.25) is 14.4 Å². The molecule has 1 rings (SSSR count). The average Bonchev–Trinajstić information content (AvgIpc) is 2.46. The Balaban J connectivity index is 2.44. The molecule has 0 aromatic heterocycles. The van der Waals surface area contributed by atoms with Crippen LogP contribution in [0.4, 0.5) is 5.69 Å². The van der Waals surface area contributed by atoms with E-state index < -0.39 is 18.0 Å². The van der Waals surface area contributed by atoms with Gasteiger partial charge >= 0.3 is 5.97 Å². The molecule has 0 aliphatic carbocycles. The van der Waals surface area contributed by atoms with Gasteiger partial charge in [0.25, 0.3) is 5.91 Å². The van der Waals surface area contributed by atoms with Crippen molar-refractivity contribution in [1.29, 1.82) is 0 Å². The predicted molar refractivity (Wildman–Crippen MR) is 80.5 cm³/mol. The summed E-state index contributed by atoms with van der Waals surface area (Å²) in [6.45, 7) is 3.01. The number of carbonyl (C=O) groups is 3. The molecule has 2 N–H and O–H groups in total. The third kappa shape index (κ3) is 6.25. The number of ether oxygens (including phenoxy) is 2. The first-order valence-corrected chi connectivity index (χ1v) is 6.81. The Labute approximate surface area is 129 Å². The topological polar surface area (TPSA) is 93.7 Å². The molecule has 7 heteroatoms. The summed E-state index contributed by atoms with van der Waals surface area (Å²) in [7, 11) is 1.53. The lowest BCUT2D eigenvalue weighted by Crippen LogP contribution is -2.31. The molecular weight excluding hydrogens is 288 g/mol. The highest BCUT2D eigenvalue weighted by atomic mass is 16.5. The SMILES string of the molecule is COc1cccc(NC(=O)[C@@H](C)OC(=O)CCNC(C)=O)c1. The Kier molecular flexibility index (Phi) is 6.88. The summed E-state index contributed by atoms with van der Waals surface area (Å²) >= 11 is 0. The van der Waals surface area contributed by atoms with Gasteiger partial charge in [-0.05, 0) is 19.1 Å². The fraction of sp³-hybridized carbons (Fsp3) is 0.400. The molecule has 1 aromatic carbocycles. The number of benzene rings is 1. The summed E-state index contributed by atoms with van der Waals surface area (Å²) in [5.41, 5.74) is 0.547. The largest absolute Gasteiger partial charge is 0.497 e. The van der Waals surface area contributed by atoms with E-state index in [-0.39, 0.29) is 18.9 Å². The first-order chi connectivity index (χ1) is 10.4. The number of anilines is 1. The normalized spacial score (nSPS) is 11.2. The molecule has 1 atom stereocenters. The van der Waals surface area contributed by atoms with Crippen molar-refractivity contribution in [3.8, 4) is 5.75 Å². The van der Waals surface area contributed by atoms with Crippen molar-refractivity contribution in [2.75, 3.05) is 19.0 Å². The number of hydrogen-bond acceptors (Lipinski definition) is 5. The van der Waals surface area contributed by atoms with E-state index in [4.69, 9.17) is 9.47 Å². The van der Waals surface area contributed by atoms with E-state index in [0.717, 1.165) is 0 Å². The van der Waals surface area contributed by atoms with E-state index >= 15 is 0 Å². The van der Waals surface area contributed by atoms with Gasteiger partial charge in [0, 0.05) is 25.2 Å². The van der Waals surface area contributed by atoms with Gasteiger partial charge in [-0.15, -0.1) is 0 Å². The number of nitrogens with one attached hydrogen (secondary N) is 2. The molecule has 0 saturated carbocycles. The minimum atomic E-state index is -0.934. The van der Waals surface area contributed by atoms with Crippen molar-refractivity contribution in [2.24, 2.45) is 0 Å². The molecule has 0 radical (unpaired) electrons. The van der Waals surface area contributed by atoms with E-state index in [0.29, 0.717) is 11.4 Å². The lowest BCUT2D eigenvalue weighted by Gasteiger charge is -2.14. The van der Waals surface area contributed by atoms with E-state index in [1.807, 2.05) is 0 Å². The average molecular weight is 308 g/mol. The maximum Gasteiger partial charge on any atom is 0.308 e. The lowest BCUT2D eigenvalue weighted by atomic mass is 10.3. The highest BCUT2D eigenvalue weighted by Gasteiger charge is 2.17. The molecule has 22 heavy (non-hydrogen) atoms.